The minimum Gasteiger partial charge on any atom is -0.487 e. The first-order chi connectivity index (χ1) is 10.9. The van der Waals surface area contributed by atoms with Crippen LogP contribution in [0.1, 0.15) is 43.1 Å². The molecule has 7 heteroatoms. The lowest BCUT2D eigenvalue weighted by molar-refractivity contribution is -0.125. The normalized spacial score (nSPS) is 21.7. The van der Waals surface area contributed by atoms with Gasteiger partial charge < -0.3 is 14.4 Å². The molecule has 1 aromatic heterocycles. The van der Waals surface area contributed by atoms with Crippen LogP contribution in [-0.4, -0.2) is 52.5 Å². The van der Waals surface area contributed by atoms with Crippen molar-refractivity contribution in [3.05, 3.63) is 28.2 Å². The Kier molecular flexibility index (Phi) is 3.93. The van der Waals surface area contributed by atoms with Gasteiger partial charge in [-0.25, -0.2) is 10.0 Å². The van der Waals surface area contributed by atoms with E-state index in [9.17, 15) is 14.7 Å². The highest BCUT2D eigenvalue weighted by Gasteiger charge is 2.59. The molecule has 1 atom stereocenters. The summed E-state index contributed by atoms with van der Waals surface area (Å²) in [6.45, 7) is 2.43. The summed E-state index contributed by atoms with van der Waals surface area (Å²) < 4.78 is 7.39. The van der Waals surface area contributed by atoms with E-state index in [1.54, 1.807) is 29.9 Å². The van der Waals surface area contributed by atoms with Crippen LogP contribution in [0.5, 0.6) is 5.75 Å². The minimum absolute atomic E-state index is 0.0935. The van der Waals surface area contributed by atoms with Crippen molar-refractivity contribution in [1.82, 2.24) is 14.6 Å². The van der Waals surface area contributed by atoms with Crippen LogP contribution in [0.4, 0.5) is 0 Å². The van der Waals surface area contributed by atoms with E-state index in [0.29, 0.717) is 6.61 Å². The van der Waals surface area contributed by atoms with Gasteiger partial charge in [-0.05, 0) is 19.3 Å². The largest absolute Gasteiger partial charge is 0.487 e. The Morgan fingerprint density at radius 1 is 1.39 bits per heavy atom. The van der Waals surface area contributed by atoms with E-state index in [2.05, 4.69) is 0 Å². The predicted octanol–water partition coefficient (Wildman–Crippen LogP) is 0.767. The number of amides is 1. The molecule has 2 heterocycles. The average molecular weight is 321 g/mol. The molecule has 0 radical (unpaired) electrons. The van der Waals surface area contributed by atoms with Crippen LogP contribution in [0.25, 0.3) is 0 Å². The van der Waals surface area contributed by atoms with E-state index in [4.69, 9.17) is 4.74 Å². The Morgan fingerprint density at radius 2 is 2.09 bits per heavy atom. The first-order valence-electron chi connectivity index (χ1n) is 8.02. The number of hydrogen-bond acceptors (Lipinski definition) is 5. The highest BCUT2D eigenvalue weighted by molar-refractivity contribution is 5.96. The molecule has 0 saturated heterocycles. The number of hydrazine groups is 1. The monoisotopic (exact) mass is 321 g/mol. The molecule has 1 unspecified atom stereocenters. The summed E-state index contributed by atoms with van der Waals surface area (Å²) >= 11 is 0. The van der Waals surface area contributed by atoms with Crippen molar-refractivity contribution in [2.24, 2.45) is 0 Å². The molecule has 126 valence electrons. The first kappa shape index (κ1) is 16.0. The lowest BCUT2D eigenvalue weighted by atomic mass is 10.1. The van der Waals surface area contributed by atoms with Crippen molar-refractivity contribution >= 4 is 5.91 Å². The summed E-state index contributed by atoms with van der Waals surface area (Å²) in [6.07, 6.45) is 3.94. The number of hydrogen-bond donors (Lipinski definition) is 1. The summed E-state index contributed by atoms with van der Waals surface area (Å²) in [5.41, 5.74) is -0.610. The molecule has 7 nitrogen and oxygen atoms in total. The molecule has 1 amide bonds. The van der Waals surface area contributed by atoms with Gasteiger partial charge in [0.05, 0.1) is 12.1 Å². The molecule has 0 bridgehead atoms. The first-order valence-corrected chi connectivity index (χ1v) is 8.02. The molecular formula is C16H23N3O4. The third-order valence-electron chi connectivity index (χ3n) is 4.59. The van der Waals surface area contributed by atoms with Crippen LogP contribution < -0.4 is 10.2 Å². The highest BCUT2D eigenvalue weighted by Crippen LogP contribution is 2.51. The van der Waals surface area contributed by atoms with Gasteiger partial charge >= 0.3 is 0 Å². The van der Waals surface area contributed by atoms with E-state index in [1.165, 1.54) is 11.1 Å². The molecule has 1 spiro atoms. The van der Waals surface area contributed by atoms with Gasteiger partial charge in [-0.15, -0.1) is 0 Å². The van der Waals surface area contributed by atoms with Crippen LogP contribution in [0, 0.1) is 0 Å². The number of aromatic nitrogens is 1. The number of aliphatic hydroxyl groups is 1. The maximum Gasteiger partial charge on any atom is 0.291 e. The lowest BCUT2D eigenvalue weighted by Gasteiger charge is -2.43. The van der Waals surface area contributed by atoms with Gasteiger partial charge in [-0.3, -0.25) is 9.59 Å². The molecule has 1 saturated carbocycles. The third-order valence-corrected chi connectivity index (χ3v) is 4.59. The van der Waals surface area contributed by atoms with Crippen LogP contribution in [0.15, 0.2) is 17.1 Å². The number of rotatable bonds is 5. The van der Waals surface area contributed by atoms with Crippen molar-refractivity contribution in [2.75, 3.05) is 20.7 Å². The van der Waals surface area contributed by atoms with Crippen LogP contribution in [-0.2, 0) is 5.54 Å². The smallest absolute Gasteiger partial charge is 0.291 e. The maximum atomic E-state index is 12.9. The fourth-order valence-electron chi connectivity index (χ4n) is 3.15. The molecule has 0 aromatic carbocycles. The summed E-state index contributed by atoms with van der Waals surface area (Å²) in [7, 11) is 3.40. The Hall–Kier alpha value is -1.86. The van der Waals surface area contributed by atoms with Crippen LogP contribution in [0.2, 0.25) is 0 Å². The van der Waals surface area contributed by atoms with Crippen LogP contribution >= 0.6 is 0 Å². The van der Waals surface area contributed by atoms with Crippen LogP contribution in [0.3, 0.4) is 0 Å². The minimum atomic E-state index is -0.941. The SMILES string of the molecule is CCCCOc1c2n(ccc1=O)C1(CC1)C(O)N(N(C)C)C2=O. The quantitative estimate of drug-likeness (QED) is 0.811. The zero-order valence-corrected chi connectivity index (χ0v) is 13.8. The van der Waals surface area contributed by atoms with E-state index in [-0.39, 0.29) is 16.9 Å². The van der Waals surface area contributed by atoms with E-state index >= 15 is 0 Å². The number of nitrogens with zero attached hydrogens (tertiary/aromatic N) is 3. The number of aliphatic hydroxyl groups excluding tert-OH is 1. The second-order valence-electron chi connectivity index (χ2n) is 6.40. The highest BCUT2D eigenvalue weighted by atomic mass is 16.5. The number of fused-ring (bicyclic) bond motifs is 2. The number of carbonyl (C=O) groups is 1. The Labute approximate surface area is 135 Å². The molecule has 23 heavy (non-hydrogen) atoms. The number of pyridine rings is 1. The lowest BCUT2D eigenvalue weighted by Crippen LogP contribution is -2.60. The predicted molar refractivity (Wildman–Crippen MR) is 84.2 cm³/mol. The van der Waals surface area contributed by atoms with Gasteiger partial charge in [0, 0.05) is 26.4 Å². The Bertz CT molecular complexity index is 678. The van der Waals surface area contributed by atoms with Crippen molar-refractivity contribution < 1.29 is 14.6 Å². The van der Waals surface area contributed by atoms with E-state index in [1.807, 2.05) is 6.92 Å². The average Bonchev–Trinajstić information content (AvgIpc) is 3.28. The summed E-state index contributed by atoms with van der Waals surface area (Å²) in [4.78, 5) is 25.1. The van der Waals surface area contributed by atoms with Crippen molar-refractivity contribution in [3.63, 3.8) is 0 Å². The van der Waals surface area contributed by atoms with Gasteiger partial charge in [0.25, 0.3) is 5.91 Å². The molecule has 3 rings (SSSR count). The summed E-state index contributed by atoms with van der Waals surface area (Å²) in [5.74, 6) is -0.319. The second-order valence-corrected chi connectivity index (χ2v) is 6.40. The summed E-state index contributed by atoms with van der Waals surface area (Å²) in [6, 6.07) is 1.41. The van der Waals surface area contributed by atoms with Gasteiger partial charge in [0.1, 0.15) is 0 Å². The van der Waals surface area contributed by atoms with Gasteiger partial charge in [0.2, 0.25) is 5.43 Å². The number of ether oxygens (including phenoxy) is 1. The van der Waals surface area contributed by atoms with E-state index < -0.39 is 17.7 Å². The maximum absolute atomic E-state index is 12.9. The number of unbranched alkanes of at least 4 members (excludes halogenated alkanes) is 1. The van der Waals surface area contributed by atoms with Gasteiger partial charge in [0.15, 0.2) is 17.7 Å². The van der Waals surface area contributed by atoms with Crippen molar-refractivity contribution in [1.29, 1.82) is 0 Å². The molecule has 1 N–H and O–H groups in total. The Morgan fingerprint density at radius 3 is 2.65 bits per heavy atom. The fraction of sp³-hybridized carbons (Fsp3) is 0.625. The molecule has 2 aliphatic rings. The third kappa shape index (κ3) is 2.35. The van der Waals surface area contributed by atoms with Crippen molar-refractivity contribution in [3.8, 4) is 5.75 Å². The molecule has 1 aliphatic carbocycles. The molecule has 1 aliphatic heterocycles. The molecule has 1 fully saturated rings. The number of carbonyl (C=O) groups excluding carboxylic acids is 1. The Balaban J connectivity index is 2.12. The van der Waals surface area contributed by atoms with Crippen molar-refractivity contribution in [2.45, 2.75) is 44.4 Å². The van der Waals surface area contributed by atoms with Gasteiger partial charge in [-0.1, -0.05) is 13.3 Å². The zero-order chi connectivity index (χ0) is 16.8. The zero-order valence-electron chi connectivity index (χ0n) is 13.8. The topological polar surface area (TPSA) is 75.0 Å². The van der Waals surface area contributed by atoms with E-state index in [0.717, 1.165) is 25.7 Å². The standard InChI is InChI=1S/C16H23N3O4/c1-4-5-10-23-13-11(20)6-9-18-12(13)14(21)19(17(2)3)15(22)16(18)7-8-16/h6,9,15,22H,4-5,7-8,10H2,1-3H3. The molecular weight excluding hydrogens is 298 g/mol. The fourth-order valence-corrected chi connectivity index (χ4v) is 3.15. The van der Waals surface area contributed by atoms with Gasteiger partial charge in [-0.2, -0.15) is 0 Å². The molecule has 1 aromatic rings. The second kappa shape index (κ2) is 5.65. The summed E-state index contributed by atoms with van der Waals surface area (Å²) in [5, 5.41) is 13.5.